The van der Waals surface area contributed by atoms with E-state index in [9.17, 15) is 0 Å². The first-order chi connectivity index (χ1) is 7.72. The number of rotatable bonds is 7. The van der Waals surface area contributed by atoms with Crippen LogP contribution in [0.3, 0.4) is 0 Å². The Morgan fingerprint density at radius 1 is 1.31 bits per heavy atom. The molecule has 1 aromatic rings. The summed E-state index contributed by atoms with van der Waals surface area (Å²) in [6, 6.07) is 8.06. The van der Waals surface area contributed by atoms with E-state index < -0.39 is 0 Å². The summed E-state index contributed by atoms with van der Waals surface area (Å²) < 4.78 is 0. The first kappa shape index (κ1) is 13.5. The quantitative estimate of drug-likeness (QED) is 0.737. The van der Waals surface area contributed by atoms with Crippen molar-refractivity contribution in [1.29, 1.82) is 0 Å². The molecule has 1 aromatic carbocycles. The van der Waals surface area contributed by atoms with E-state index in [2.05, 4.69) is 30.3 Å². The Labute approximate surface area is 104 Å². The fourth-order valence-electron chi connectivity index (χ4n) is 1.48. The summed E-state index contributed by atoms with van der Waals surface area (Å²) in [6.07, 6.45) is 1.04. The molecule has 0 aliphatic carbocycles. The highest BCUT2D eigenvalue weighted by atomic mass is 35.5. The van der Waals surface area contributed by atoms with E-state index in [1.165, 1.54) is 5.56 Å². The molecule has 0 saturated heterocycles. The summed E-state index contributed by atoms with van der Waals surface area (Å²) in [5.74, 6) is 0. The van der Waals surface area contributed by atoms with E-state index in [4.69, 9.17) is 11.6 Å². The zero-order valence-electron chi connectivity index (χ0n) is 10.2. The van der Waals surface area contributed by atoms with Crippen LogP contribution in [0.15, 0.2) is 24.3 Å². The fourth-order valence-corrected chi connectivity index (χ4v) is 1.69. The van der Waals surface area contributed by atoms with Crippen molar-refractivity contribution >= 4 is 11.6 Å². The summed E-state index contributed by atoms with van der Waals surface area (Å²) in [5, 5.41) is 4.26. The maximum atomic E-state index is 5.92. The van der Waals surface area contributed by atoms with Gasteiger partial charge in [0.1, 0.15) is 0 Å². The van der Waals surface area contributed by atoms with E-state index in [0.717, 1.165) is 37.6 Å². The molecular formula is C13H21ClN2. The van der Waals surface area contributed by atoms with Crippen LogP contribution in [0.4, 0.5) is 0 Å². The van der Waals surface area contributed by atoms with E-state index in [1.807, 2.05) is 18.2 Å². The van der Waals surface area contributed by atoms with Gasteiger partial charge in [0.15, 0.2) is 0 Å². The third-order valence-corrected chi connectivity index (χ3v) is 2.92. The smallest absolute Gasteiger partial charge is 0.0408 e. The minimum atomic E-state index is 0.822. The zero-order valence-corrected chi connectivity index (χ0v) is 10.9. The Bertz CT molecular complexity index is 302. The number of nitrogens with one attached hydrogen (secondary N) is 1. The number of hydrogen-bond acceptors (Lipinski definition) is 2. The van der Waals surface area contributed by atoms with Gasteiger partial charge in [0, 0.05) is 18.1 Å². The lowest BCUT2D eigenvalue weighted by Crippen LogP contribution is -2.30. The highest BCUT2D eigenvalue weighted by molar-refractivity contribution is 6.30. The average molecular weight is 241 g/mol. The molecular weight excluding hydrogens is 220 g/mol. The van der Waals surface area contributed by atoms with Crippen LogP contribution in [0.25, 0.3) is 0 Å². The molecule has 0 bridgehead atoms. The van der Waals surface area contributed by atoms with Crippen molar-refractivity contribution in [1.82, 2.24) is 10.2 Å². The van der Waals surface area contributed by atoms with Gasteiger partial charge in [0.25, 0.3) is 0 Å². The minimum absolute atomic E-state index is 0.822. The molecule has 2 nitrogen and oxygen atoms in total. The normalized spacial score (nSPS) is 11.0. The largest absolute Gasteiger partial charge is 0.315 e. The van der Waals surface area contributed by atoms with Crippen LogP contribution in [0.5, 0.6) is 0 Å². The van der Waals surface area contributed by atoms with E-state index in [-0.39, 0.29) is 0 Å². The lowest BCUT2D eigenvalue weighted by molar-refractivity contribution is 0.349. The SMILES string of the molecule is CCN(C)CCNCCc1cccc(Cl)c1. The Hall–Kier alpha value is -0.570. The van der Waals surface area contributed by atoms with Gasteiger partial charge in [0.2, 0.25) is 0 Å². The van der Waals surface area contributed by atoms with E-state index in [1.54, 1.807) is 0 Å². The topological polar surface area (TPSA) is 15.3 Å². The Kier molecular flexibility index (Phi) is 6.46. The van der Waals surface area contributed by atoms with Crippen LogP contribution in [-0.4, -0.2) is 38.1 Å². The predicted octanol–water partition coefficient (Wildman–Crippen LogP) is 2.42. The summed E-state index contributed by atoms with van der Waals surface area (Å²) >= 11 is 5.92. The summed E-state index contributed by atoms with van der Waals surface area (Å²) in [5.41, 5.74) is 1.30. The third kappa shape index (κ3) is 5.50. The lowest BCUT2D eigenvalue weighted by Gasteiger charge is -2.13. The molecule has 0 spiro atoms. The molecule has 0 aliphatic rings. The average Bonchev–Trinajstić information content (AvgIpc) is 2.28. The Morgan fingerprint density at radius 2 is 2.12 bits per heavy atom. The molecule has 1 N–H and O–H groups in total. The summed E-state index contributed by atoms with van der Waals surface area (Å²) in [7, 11) is 2.14. The van der Waals surface area contributed by atoms with Crippen molar-refractivity contribution in [3.05, 3.63) is 34.9 Å². The van der Waals surface area contributed by atoms with Gasteiger partial charge in [-0.1, -0.05) is 30.7 Å². The molecule has 0 fully saturated rings. The van der Waals surface area contributed by atoms with Crippen molar-refractivity contribution in [2.24, 2.45) is 0 Å². The molecule has 0 amide bonds. The molecule has 0 saturated carbocycles. The molecule has 0 aromatic heterocycles. The van der Waals surface area contributed by atoms with Gasteiger partial charge < -0.3 is 10.2 Å². The number of halogens is 1. The van der Waals surface area contributed by atoms with E-state index in [0.29, 0.717) is 0 Å². The van der Waals surface area contributed by atoms with Gasteiger partial charge in [-0.3, -0.25) is 0 Å². The highest BCUT2D eigenvalue weighted by Crippen LogP contribution is 2.10. The van der Waals surface area contributed by atoms with Gasteiger partial charge in [-0.2, -0.15) is 0 Å². The van der Waals surface area contributed by atoms with Crippen molar-refractivity contribution in [2.45, 2.75) is 13.3 Å². The zero-order chi connectivity index (χ0) is 11.8. The van der Waals surface area contributed by atoms with Gasteiger partial charge >= 0.3 is 0 Å². The minimum Gasteiger partial charge on any atom is -0.315 e. The molecule has 3 heteroatoms. The Balaban J connectivity index is 2.12. The molecule has 0 aliphatic heterocycles. The first-order valence-electron chi connectivity index (χ1n) is 5.86. The fraction of sp³-hybridized carbons (Fsp3) is 0.538. The molecule has 90 valence electrons. The Morgan fingerprint density at radius 3 is 2.81 bits per heavy atom. The first-order valence-corrected chi connectivity index (χ1v) is 6.24. The number of likely N-dealkylation sites (N-methyl/N-ethyl adjacent to an activating group) is 1. The molecule has 0 atom stereocenters. The van der Waals surface area contributed by atoms with Crippen molar-refractivity contribution in [2.75, 3.05) is 33.2 Å². The van der Waals surface area contributed by atoms with Crippen LogP contribution in [0.2, 0.25) is 5.02 Å². The van der Waals surface area contributed by atoms with Gasteiger partial charge in [0.05, 0.1) is 0 Å². The highest BCUT2D eigenvalue weighted by Gasteiger charge is 1.95. The van der Waals surface area contributed by atoms with Crippen molar-refractivity contribution in [3.8, 4) is 0 Å². The standard InChI is InChI=1S/C13H21ClN2/c1-3-16(2)10-9-15-8-7-12-5-4-6-13(14)11-12/h4-6,11,15H,3,7-10H2,1-2H3. The summed E-state index contributed by atoms with van der Waals surface area (Å²) in [4.78, 5) is 2.30. The molecule has 0 unspecified atom stereocenters. The van der Waals surface area contributed by atoms with Crippen molar-refractivity contribution in [3.63, 3.8) is 0 Å². The van der Waals surface area contributed by atoms with Gasteiger partial charge in [-0.15, -0.1) is 0 Å². The maximum Gasteiger partial charge on any atom is 0.0408 e. The second-order valence-corrected chi connectivity index (χ2v) is 4.46. The molecule has 16 heavy (non-hydrogen) atoms. The van der Waals surface area contributed by atoms with Gasteiger partial charge in [-0.05, 0) is 44.3 Å². The monoisotopic (exact) mass is 240 g/mol. The lowest BCUT2D eigenvalue weighted by atomic mass is 10.1. The van der Waals surface area contributed by atoms with Crippen LogP contribution >= 0.6 is 11.6 Å². The van der Waals surface area contributed by atoms with Crippen molar-refractivity contribution < 1.29 is 0 Å². The van der Waals surface area contributed by atoms with Crippen LogP contribution in [0, 0.1) is 0 Å². The van der Waals surface area contributed by atoms with E-state index >= 15 is 0 Å². The number of nitrogens with zero attached hydrogens (tertiary/aromatic N) is 1. The van der Waals surface area contributed by atoms with Gasteiger partial charge in [-0.25, -0.2) is 0 Å². The summed E-state index contributed by atoms with van der Waals surface area (Å²) in [6.45, 7) is 6.44. The molecule has 1 rings (SSSR count). The third-order valence-electron chi connectivity index (χ3n) is 2.69. The van der Waals surface area contributed by atoms with Crippen LogP contribution in [0.1, 0.15) is 12.5 Å². The van der Waals surface area contributed by atoms with Crippen LogP contribution < -0.4 is 5.32 Å². The maximum absolute atomic E-state index is 5.92. The number of hydrogen-bond donors (Lipinski definition) is 1. The van der Waals surface area contributed by atoms with Crippen LogP contribution in [-0.2, 0) is 6.42 Å². The molecule has 0 radical (unpaired) electrons. The second-order valence-electron chi connectivity index (χ2n) is 4.03. The molecule has 0 heterocycles. The second kappa shape index (κ2) is 7.66. The number of benzene rings is 1. The predicted molar refractivity (Wildman–Crippen MR) is 71.2 cm³/mol.